The first-order valence-corrected chi connectivity index (χ1v) is 5.67. The van der Waals surface area contributed by atoms with Gasteiger partial charge in [-0.25, -0.2) is 0 Å². The molecule has 0 aliphatic heterocycles. The van der Waals surface area contributed by atoms with Crippen molar-refractivity contribution in [3.8, 4) is 6.07 Å². The zero-order valence-electron chi connectivity index (χ0n) is 8.88. The first kappa shape index (κ1) is 12.7. The molecule has 0 saturated carbocycles. The Morgan fingerprint density at radius 3 is 2.94 bits per heavy atom. The number of rotatable bonds is 4. The van der Waals surface area contributed by atoms with Crippen molar-refractivity contribution in [1.82, 2.24) is 5.32 Å². The molecule has 1 amide bonds. The molecule has 0 fully saturated rings. The summed E-state index contributed by atoms with van der Waals surface area (Å²) in [6.07, 6.45) is 0. The maximum atomic E-state index is 11.4. The average molecular weight is 282 g/mol. The molecule has 0 bridgehead atoms. The van der Waals surface area contributed by atoms with Crippen LogP contribution in [0.25, 0.3) is 0 Å². The predicted octanol–water partition coefficient (Wildman–Crippen LogP) is 1.87. The third-order valence-electron chi connectivity index (χ3n) is 1.91. The summed E-state index contributed by atoms with van der Waals surface area (Å²) < 4.78 is 0.814. The van der Waals surface area contributed by atoms with Gasteiger partial charge in [-0.2, -0.15) is 5.26 Å². The van der Waals surface area contributed by atoms with Crippen LogP contribution in [-0.2, 0) is 4.79 Å². The number of nitrogens with zero attached hydrogens (tertiary/aromatic N) is 1. The van der Waals surface area contributed by atoms with Crippen molar-refractivity contribution in [2.24, 2.45) is 0 Å². The first-order valence-electron chi connectivity index (χ1n) is 4.87. The largest absolute Gasteiger partial charge is 0.324 e. The van der Waals surface area contributed by atoms with Crippen LogP contribution in [0.5, 0.6) is 0 Å². The number of amides is 1. The molecule has 4 nitrogen and oxygen atoms in total. The number of halogens is 1. The van der Waals surface area contributed by atoms with Gasteiger partial charge < -0.3 is 10.6 Å². The summed E-state index contributed by atoms with van der Waals surface area (Å²) in [6, 6.07) is 7.18. The number of nitriles is 1. The molecule has 0 aromatic heterocycles. The summed E-state index contributed by atoms with van der Waals surface area (Å²) >= 11 is 3.27. The number of benzene rings is 1. The Bertz CT molecular complexity index is 426. The molecule has 0 radical (unpaired) electrons. The second kappa shape index (κ2) is 6.26. The molecule has 16 heavy (non-hydrogen) atoms. The van der Waals surface area contributed by atoms with E-state index in [1.165, 1.54) is 0 Å². The van der Waals surface area contributed by atoms with Gasteiger partial charge in [0.25, 0.3) is 0 Å². The summed E-state index contributed by atoms with van der Waals surface area (Å²) in [4.78, 5) is 11.4. The first-order chi connectivity index (χ1) is 7.67. The van der Waals surface area contributed by atoms with E-state index < -0.39 is 0 Å². The number of hydrogen-bond acceptors (Lipinski definition) is 3. The Kier molecular flexibility index (Phi) is 4.96. The standard InChI is InChI=1S/C11H12BrN3O/c1-2-14-7-11(16)15-10-4-3-9(12)5-8(10)6-13/h3-5,14H,2,7H2,1H3,(H,15,16). The van der Waals surface area contributed by atoms with Crippen molar-refractivity contribution >= 4 is 27.5 Å². The fourth-order valence-electron chi connectivity index (χ4n) is 1.15. The molecule has 0 heterocycles. The minimum Gasteiger partial charge on any atom is -0.324 e. The Balaban J connectivity index is 2.74. The summed E-state index contributed by atoms with van der Waals surface area (Å²) in [5.74, 6) is -0.152. The van der Waals surface area contributed by atoms with Crippen LogP contribution in [0.3, 0.4) is 0 Å². The number of anilines is 1. The van der Waals surface area contributed by atoms with Crippen LogP contribution >= 0.6 is 15.9 Å². The molecular weight excluding hydrogens is 270 g/mol. The van der Waals surface area contributed by atoms with Crippen LogP contribution < -0.4 is 10.6 Å². The molecule has 1 aromatic carbocycles. The quantitative estimate of drug-likeness (QED) is 0.886. The van der Waals surface area contributed by atoms with Crippen molar-refractivity contribution < 1.29 is 4.79 Å². The van der Waals surface area contributed by atoms with Gasteiger partial charge in [-0.15, -0.1) is 0 Å². The minimum absolute atomic E-state index is 0.152. The molecule has 2 N–H and O–H groups in total. The molecule has 0 atom stereocenters. The number of hydrogen-bond donors (Lipinski definition) is 2. The molecule has 5 heteroatoms. The zero-order chi connectivity index (χ0) is 12.0. The average Bonchev–Trinajstić information content (AvgIpc) is 2.28. The van der Waals surface area contributed by atoms with E-state index in [2.05, 4.69) is 26.6 Å². The van der Waals surface area contributed by atoms with E-state index in [0.717, 1.165) is 11.0 Å². The maximum Gasteiger partial charge on any atom is 0.238 e. The van der Waals surface area contributed by atoms with Gasteiger partial charge in [0, 0.05) is 4.47 Å². The van der Waals surface area contributed by atoms with Gasteiger partial charge in [-0.1, -0.05) is 22.9 Å². The third-order valence-corrected chi connectivity index (χ3v) is 2.40. The third kappa shape index (κ3) is 3.65. The van der Waals surface area contributed by atoms with Gasteiger partial charge in [0.05, 0.1) is 17.8 Å². The second-order valence-corrected chi connectivity index (χ2v) is 4.05. The molecule has 0 unspecified atom stereocenters. The Morgan fingerprint density at radius 2 is 2.31 bits per heavy atom. The fraction of sp³-hybridized carbons (Fsp3) is 0.273. The van der Waals surface area contributed by atoms with E-state index in [1.54, 1.807) is 18.2 Å². The maximum absolute atomic E-state index is 11.4. The smallest absolute Gasteiger partial charge is 0.238 e. The highest BCUT2D eigenvalue weighted by Gasteiger charge is 2.06. The Hall–Kier alpha value is -1.38. The predicted molar refractivity (Wildman–Crippen MR) is 66.0 cm³/mol. The lowest BCUT2D eigenvalue weighted by Gasteiger charge is -2.07. The van der Waals surface area contributed by atoms with Gasteiger partial charge in [-0.05, 0) is 24.7 Å². The molecular formula is C11H12BrN3O. The van der Waals surface area contributed by atoms with Crippen LogP contribution in [0.15, 0.2) is 22.7 Å². The van der Waals surface area contributed by atoms with E-state index in [4.69, 9.17) is 5.26 Å². The zero-order valence-corrected chi connectivity index (χ0v) is 10.5. The molecule has 84 valence electrons. The highest BCUT2D eigenvalue weighted by molar-refractivity contribution is 9.10. The van der Waals surface area contributed by atoms with E-state index in [-0.39, 0.29) is 12.5 Å². The van der Waals surface area contributed by atoms with Crippen molar-refractivity contribution in [3.63, 3.8) is 0 Å². The summed E-state index contributed by atoms with van der Waals surface area (Å²) in [6.45, 7) is 2.91. The lowest BCUT2D eigenvalue weighted by molar-refractivity contribution is -0.115. The monoisotopic (exact) mass is 281 g/mol. The van der Waals surface area contributed by atoms with Crippen molar-refractivity contribution in [3.05, 3.63) is 28.2 Å². The Morgan fingerprint density at radius 1 is 1.56 bits per heavy atom. The van der Waals surface area contributed by atoms with Gasteiger partial charge >= 0.3 is 0 Å². The summed E-state index contributed by atoms with van der Waals surface area (Å²) in [5.41, 5.74) is 0.979. The van der Waals surface area contributed by atoms with E-state index >= 15 is 0 Å². The van der Waals surface area contributed by atoms with Gasteiger partial charge in [-0.3, -0.25) is 4.79 Å². The molecule has 0 spiro atoms. The topological polar surface area (TPSA) is 64.9 Å². The van der Waals surface area contributed by atoms with Gasteiger partial charge in [0.1, 0.15) is 6.07 Å². The molecule has 0 saturated heterocycles. The number of nitrogens with one attached hydrogen (secondary N) is 2. The molecule has 1 aromatic rings. The van der Waals surface area contributed by atoms with E-state index in [0.29, 0.717) is 11.3 Å². The van der Waals surface area contributed by atoms with Crippen molar-refractivity contribution in [2.45, 2.75) is 6.92 Å². The number of carbonyl (C=O) groups excluding carboxylic acids is 1. The van der Waals surface area contributed by atoms with Crippen LogP contribution in [0.1, 0.15) is 12.5 Å². The summed E-state index contributed by atoms with van der Waals surface area (Å²) in [5, 5.41) is 14.5. The van der Waals surface area contributed by atoms with Gasteiger partial charge in [0.2, 0.25) is 5.91 Å². The van der Waals surface area contributed by atoms with Gasteiger partial charge in [0.15, 0.2) is 0 Å². The van der Waals surface area contributed by atoms with Crippen molar-refractivity contribution in [1.29, 1.82) is 5.26 Å². The number of likely N-dealkylation sites (N-methyl/N-ethyl adjacent to an activating group) is 1. The molecule has 0 aliphatic carbocycles. The summed E-state index contributed by atoms with van der Waals surface area (Å²) in [7, 11) is 0. The second-order valence-electron chi connectivity index (χ2n) is 3.13. The van der Waals surface area contributed by atoms with Crippen LogP contribution in [0.2, 0.25) is 0 Å². The normalized spacial score (nSPS) is 9.56. The van der Waals surface area contributed by atoms with Crippen LogP contribution in [0.4, 0.5) is 5.69 Å². The lowest BCUT2D eigenvalue weighted by atomic mass is 10.2. The Labute approximate surface area is 103 Å². The molecule has 0 aliphatic rings. The fourth-order valence-corrected chi connectivity index (χ4v) is 1.51. The van der Waals surface area contributed by atoms with Crippen molar-refractivity contribution in [2.75, 3.05) is 18.4 Å². The highest BCUT2D eigenvalue weighted by Crippen LogP contribution is 2.19. The highest BCUT2D eigenvalue weighted by atomic mass is 79.9. The lowest BCUT2D eigenvalue weighted by Crippen LogP contribution is -2.28. The minimum atomic E-state index is -0.152. The SMILES string of the molecule is CCNCC(=O)Nc1ccc(Br)cc1C#N. The van der Waals surface area contributed by atoms with Crippen LogP contribution in [0, 0.1) is 11.3 Å². The molecule has 1 rings (SSSR count). The van der Waals surface area contributed by atoms with E-state index in [1.807, 2.05) is 13.0 Å². The van der Waals surface area contributed by atoms with Crippen LogP contribution in [-0.4, -0.2) is 19.0 Å². The number of carbonyl (C=O) groups is 1. The van der Waals surface area contributed by atoms with E-state index in [9.17, 15) is 4.79 Å².